The maximum atomic E-state index is 5.70. The van der Waals surface area contributed by atoms with Gasteiger partial charge in [0, 0.05) is 121 Å². The first-order valence-corrected chi connectivity index (χ1v) is 53.1. The van der Waals surface area contributed by atoms with Crippen molar-refractivity contribution in [2.45, 2.75) is 157 Å². The second-order valence-electron chi connectivity index (χ2n) is 31.1. The van der Waals surface area contributed by atoms with Crippen molar-refractivity contribution in [3.8, 4) is 130 Å². The highest BCUT2D eigenvalue weighted by Crippen LogP contribution is 2.43. The summed E-state index contributed by atoms with van der Waals surface area (Å²) in [5, 5.41) is 0. The molecule has 0 N–H and O–H groups in total. The molecule has 15 aromatic heterocycles. The van der Waals surface area contributed by atoms with E-state index in [0.29, 0.717) is 66.2 Å². The van der Waals surface area contributed by atoms with Crippen LogP contribution < -0.4 is 0 Å². The molecule has 0 aliphatic carbocycles. The molecule has 0 bridgehead atoms. The van der Waals surface area contributed by atoms with Crippen LogP contribution in [-0.2, 0) is 38.5 Å². The fraction of sp³-hybridized carbons (Fsp3) is 0.222. The number of nitrogens with zero attached hydrogens (tertiary/aromatic N) is 6. The molecule has 0 radical (unpaired) electrons. The molecule has 6 nitrogen and oxygen atoms in total. The minimum absolute atomic E-state index is 0.514. The number of fused-ring (bicyclic) bond motifs is 9. The van der Waals surface area contributed by atoms with E-state index in [9.17, 15) is 0 Å². The Morgan fingerprint density at radius 1 is 0.175 bits per heavy atom. The molecular weight excluding hydrogens is 1770 g/mol. The topological polar surface area (TPSA) is 77.3 Å². The molecular formula is C108H84N6S12. The SMILES string of the molecule is CCCCc1ccc(-c2ccc(C#Cc3cc4nc5c6nc7cc(C#Cc8ccc(-c9ccc(CCCC)s9)s8)c(C#Cc8ccc(-c9ccc(CCCC)s9)s8)cc7nc6c6nc7cc(C#Cc8ccc(-c9ccc(CCCC)s9)s8)c(C#Cc8ccc(-c9ccc(CCCC)s9)s8)cc7nc6c5nc4cc3C#Cc3ccc(-c4ccc(CCCC)s4)s3)s2)s1. The zero-order chi connectivity index (χ0) is 85.4. The van der Waals surface area contributed by atoms with Crippen LogP contribution in [0.3, 0.4) is 0 Å². The van der Waals surface area contributed by atoms with Crippen LogP contribution in [0.4, 0.5) is 0 Å². The van der Waals surface area contributed by atoms with Crippen LogP contribution in [0.25, 0.3) is 125 Å². The summed E-state index contributed by atoms with van der Waals surface area (Å²) in [6.45, 7) is 13.5. The summed E-state index contributed by atoms with van der Waals surface area (Å²) >= 11 is 21.5. The van der Waals surface area contributed by atoms with Gasteiger partial charge in [0.15, 0.2) is 0 Å². The van der Waals surface area contributed by atoms with E-state index in [4.69, 9.17) is 29.9 Å². The van der Waals surface area contributed by atoms with Gasteiger partial charge in [-0.05, 0) is 259 Å². The second-order valence-corrected chi connectivity index (χ2v) is 44.6. The van der Waals surface area contributed by atoms with E-state index in [-0.39, 0.29) is 0 Å². The summed E-state index contributed by atoms with van der Waals surface area (Å²) < 4.78 is 0. The third-order valence-corrected chi connectivity index (χ3v) is 35.8. The molecule has 0 saturated heterocycles. The number of aryl methyl sites for hydroxylation is 6. The lowest BCUT2D eigenvalue weighted by Gasteiger charge is -2.12. The summed E-state index contributed by atoms with van der Waals surface area (Å²) in [6.07, 6.45) is 20.6. The smallest absolute Gasteiger partial charge is 0.120 e. The van der Waals surface area contributed by atoms with Crippen molar-refractivity contribution in [1.29, 1.82) is 0 Å². The van der Waals surface area contributed by atoms with Crippen LogP contribution in [0.1, 0.15) is 210 Å². The lowest BCUT2D eigenvalue weighted by molar-refractivity contribution is 0.804. The van der Waals surface area contributed by atoms with Gasteiger partial charge in [0.25, 0.3) is 0 Å². The van der Waals surface area contributed by atoms with E-state index in [1.165, 1.54) is 165 Å². The second kappa shape index (κ2) is 39.4. The monoisotopic (exact) mass is 1850 g/mol. The Morgan fingerprint density at radius 2 is 0.317 bits per heavy atom. The number of thiophene rings is 12. The van der Waals surface area contributed by atoms with Crippen LogP contribution in [0.2, 0.25) is 0 Å². The molecule has 0 fully saturated rings. The largest absolute Gasteiger partial charge is 0.242 e. The van der Waals surface area contributed by atoms with Crippen molar-refractivity contribution >= 4 is 202 Å². The molecule has 15 heterocycles. The average Bonchev–Trinajstić information content (AvgIpc) is 0.885. The van der Waals surface area contributed by atoms with Crippen LogP contribution in [0.15, 0.2) is 182 Å². The van der Waals surface area contributed by atoms with Crippen molar-refractivity contribution in [1.82, 2.24) is 29.9 Å². The molecule has 18 heteroatoms. The highest BCUT2D eigenvalue weighted by Gasteiger charge is 2.23. The van der Waals surface area contributed by atoms with Gasteiger partial charge < -0.3 is 0 Å². The van der Waals surface area contributed by atoms with Gasteiger partial charge in [0.2, 0.25) is 0 Å². The molecule has 0 saturated carbocycles. The first-order chi connectivity index (χ1) is 62.0. The fourth-order valence-corrected chi connectivity index (χ4v) is 26.9. The Balaban J connectivity index is 0.802. The fourth-order valence-electron chi connectivity index (χ4n) is 14.9. The third-order valence-electron chi connectivity index (χ3n) is 21.7. The van der Waals surface area contributed by atoms with E-state index in [1.54, 1.807) is 68.0 Å². The average molecular weight is 1850 g/mol. The predicted octanol–water partition coefficient (Wildman–Crippen LogP) is 32.2. The van der Waals surface area contributed by atoms with E-state index in [0.717, 1.165) is 101 Å². The maximum absolute atomic E-state index is 5.70. The Kier molecular flexibility index (Phi) is 26.5. The standard InChI is InChI=1S/C108H84N6S12/c1-7-13-19-73-37-49-91(115-73)97-55-43-79(121-97)31-25-67-61-85-86(62-68(67)26-32-80-44-56-98(122-80)92-50-38-74(116-92)20-14-8-2)110-104-103(109-85)105-107(113-88-64-70(28-34-82-46-58-100(124-82)94-52-40-76(118-94)22-16-10-4)69(63-87(88)111-105)27-33-81-45-57-99(123-81)93-51-39-75(117-93)21-15-9-3)108-106(104)112-89-65-71(29-35-83-47-59-101(125-83)95-53-41-77(119-95)23-17-11-5)72(66-90(89)114-108)30-36-84-48-60-102(126-84)96-54-42-78(120-96)24-18-12-6/h37-66H,7-24H2,1-6H3. The summed E-state index contributed by atoms with van der Waals surface area (Å²) in [4.78, 5) is 63.2. The minimum atomic E-state index is 0.514. The van der Waals surface area contributed by atoms with Gasteiger partial charge in [0.05, 0.1) is 62.4 Å². The number of rotatable bonds is 24. The van der Waals surface area contributed by atoms with Crippen LogP contribution >= 0.6 is 136 Å². The number of hydrogen-bond donors (Lipinski definition) is 0. The number of hydrogen-bond acceptors (Lipinski definition) is 18. The first kappa shape index (κ1) is 84.9. The molecule has 19 rings (SSSR count). The van der Waals surface area contributed by atoms with Gasteiger partial charge in [-0.3, -0.25) is 0 Å². The highest BCUT2D eigenvalue weighted by atomic mass is 32.1. The zero-order valence-corrected chi connectivity index (χ0v) is 80.4. The highest BCUT2D eigenvalue weighted by molar-refractivity contribution is 7.25. The Bertz CT molecular complexity index is 6530. The van der Waals surface area contributed by atoms with Crippen LogP contribution in [-0.4, -0.2) is 29.9 Å². The van der Waals surface area contributed by atoms with Crippen molar-refractivity contribution in [3.05, 3.63) is 274 Å². The normalized spacial score (nSPS) is 11.3. The Labute approximate surface area is 784 Å². The van der Waals surface area contributed by atoms with Crippen molar-refractivity contribution < 1.29 is 0 Å². The van der Waals surface area contributed by atoms with E-state index < -0.39 is 0 Å². The molecule has 0 amide bonds. The first-order valence-electron chi connectivity index (χ1n) is 43.3. The van der Waals surface area contributed by atoms with E-state index >= 15 is 0 Å². The van der Waals surface area contributed by atoms with Crippen LogP contribution in [0.5, 0.6) is 0 Å². The lowest BCUT2D eigenvalue weighted by atomic mass is 10.0. The Morgan fingerprint density at radius 3 is 0.468 bits per heavy atom. The molecule has 0 atom stereocenters. The molecule has 618 valence electrons. The predicted molar refractivity (Wildman–Crippen MR) is 552 cm³/mol. The number of unbranched alkanes of at least 4 members (excludes halogenated alkanes) is 6. The molecule has 0 spiro atoms. The lowest BCUT2D eigenvalue weighted by Crippen LogP contribution is -2.01. The van der Waals surface area contributed by atoms with Gasteiger partial charge in [-0.15, -0.1) is 136 Å². The van der Waals surface area contributed by atoms with Gasteiger partial charge in [-0.25, -0.2) is 29.9 Å². The van der Waals surface area contributed by atoms with Crippen molar-refractivity contribution in [3.63, 3.8) is 0 Å². The van der Waals surface area contributed by atoms with Gasteiger partial charge in [-0.2, -0.15) is 0 Å². The van der Waals surface area contributed by atoms with Gasteiger partial charge >= 0.3 is 0 Å². The number of aromatic nitrogens is 6. The summed E-state index contributed by atoms with van der Waals surface area (Å²) in [5.74, 6) is 43.4. The van der Waals surface area contributed by atoms with Gasteiger partial charge in [0.1, 0.15) is 33.1 Å². The molecule has 19 aromatic rings. The minimum Gasteiger partial charge on any atom is -0.242 e. The molecule has 126 heavy (non-hydrogen) atoms. The Hall–Kier alpha value is -10.6. The van der Waals surface area contributed by atoms with E-state index in [2.05, 4.69) is 258 Å². The van der Waals surface area contributed by atoms with Gasteiger partial charge in [-0.1, -0.05) is 151 Å². The molecule has 0 aliphatic rings. The van der Waals surface area contributed by atoms with Crippen molar-refractivity contribution in [2.75, 3.05) is 0 Å². The summed E-state index contributed by atoms with van der Waals surface area (Å²) in [6, 6.07) is 65.5. The number of benzene rings is 4. The molecule has 0 aliphatic heterocycles. The van der Waals surface area contributed by atoms with E-state index in [1.807, 2.05) is 104 Å². The molecule has 0 unspecified atom stereocenters. The quantitative estimate of drug-likeness (QED) is 0.0341. The maximum Gasteiger partial charge on any atom is 0.120 e. The van der Waals surface area contributed by atoms with Crippen molar-refractivity contribution in [2.24, 2.45) is 0 Å². The summed E-state index contributed by atoms with van der Waals surface area (Å²) in [5.41, 5.74) is 11.2. The van der Waals surface area contributed by atoms with Crippen LogP contribution in [0, 0.1) is 71.0 Å². The zero-order valence-electron chi connectivity index (χ0n) is 70.6. The summed E-state index contributed by atoms with van der Waals surface area (Å²) in [7, 11) is 0. The molecule has 4 aromatic carbocycles. The third kappa shape index (κ3) is 19.5.